The van der Waals surface area contributed by atoms with Crippen LogP contribution in [-0.4, -0.2) is 15.9 Å². The fourth-order valence-corrected chi connectivity index (χ4v) is 2.69. The molecule has 2 aromatic heterocycles. The second kappa shape index (κ2) is 4.71. The molecular weight excluding hydrogens is 234 g/mol. The van der Waals surface area contributed by atoms with E-state index in [0.717, 1.165) is 15.6 Å². The molecule has 1 unspecified atom stereocenters. The highest BCUT2D eigenvalue weighted by Gasteiger charge is 2.16. The molecule has 2 rings (SSSR count). The van der Waals surface area contributed by atoms with Crippen molar-refractivity contribution in [3.63, 3.8) is 0 Å². The van der Waals surface area contributed by atoms with E-state index in [9.17, 15) is 4.79 Å². The van der Waals surface area contributed by atoms with Crippen LogP contribution in [-0.2, 0) is 0 Å². The minimum absolute atomic E-state index is 0.0167. The Labute approximate surface area is 104 Å². The fraction of sp³-hybridized carbons (Fsp3) is 0.333. The number of H-pyrrole nitrogens is 1. The molecule has 0 aromatic carbocycles. The van der Waals surface area contributed by atoms with Gasteiger partial charge in [-0.25, -0.2) is 4.98 Å². The number of aromatic amines is 1. The zero-order valence-corrected chi connectivity index (χ0v) is 10.9. The summed E-state index contributed by atoms with van der Waals surface area (Å²) in [5.41, 5.74) is 1.57. The topological polar surface area (TPSA) is 57.8 Å². The van der Waals surface area contributed by atoms with E-state index < -0.39 is 0 Å². The number of aryl methyl sites for hydroxylation is 2. The van der Waals surface area contributed by atoms with Gasteiger partial charge in [0.2, 0.25) is 0 Å². The molecule has 2 aromatic rings. The SMILES string of the molecule is Cc1nc(C)c(C(C)NC(=O)c2ccc[nH]2)s1. The largest absolute Gasteiger partial charge is 0.357 e. The first kappa shape index (κ1) is 11.9. The third kappa shape index (κ3) is 2.55. The Morgan fingerprint density at radius 3 is 2.82 bits per heavy atom. The van der Waals surface area contributed by atoms with Crippen LogP contribution in [0.4, 0.5) is 0 Å². The van der Waals surface area contributed by atoms with E-state index >= 15 is 0 Å². The predicted octanol–water partition coefficient (Wildman–Crippen LogP) is 2.58. The Balaban J connectivity index is 2.09. The molecule has 0 aliphatic rings. The van der Waals surface area contributed by atoms with Gasteiger partial charge in [-0.1, -0.05) is 0 Å². The van der Waals surface area contributed by atoms with Gasteiger partial charge in [-0.15, -0.1) is 11.3 Å². The lowest BCUT2D eigenvalue weighted by Gasteiger charge is -2.12. The molecule has 17 heavy (non-hydrogen) atoms. The van der Waals surface area contributed by atoms with Gasteiger partial charge in [0.25, 0.3) is 5.91 Å². The zero-order chi connectivity index (χ0) is 12.4. The molecule has 0 bridgehead atoms. The van der Waals surface area contributed by atoms with Crippen molar-refractivity contribution in [3.8, 4) is 0 Å². The number of hydrogen-bond donors (Lipinski definition) is 2. The van der Waals surface area contributed by atoms with E-state index in [-0.39, 0.29) is 11.9 Å². The maximum absolute atomic E-state index is 11.8. The minimum Gasteiger partial charge on any atom is -0.357 e. The summed E-state index contributed by atoms with van der Waals surface area (Å²) < 4.78 is 0. The average molecular weight is 249 g/mol. The van der Waals surface area contributed by atoms with Crippen LogP contribution in [0.25, 0.3) is 0 Å². The number of carbonyl (C=O) groups is 1. The molecule has 90 valence electrons. The average Bonchev–Trinajstić information content (AvgIpc) is 2.87. The molecule has 4 nitrogen and oxygen atoms in total. The molecule has 1 atom stereocenters. The molecular formula is C12H15N3OS. The monoisotopic (exact) mass is 249 g/mol. The van der Waals surface area contributed by atoms with Gasteiger partial charge >= 0.3 is 0 Å². The maximum atomic E-state index is 11.8. The number of carbonyl (C=O) groups excluding carboxylic acids is 1. The molecule has 0 radical (unpaired) electrons. The normalized spacial score (nSPS) is 12.4. The molecule has 2 heterocycles. The van der Waals surface area contributed by atoms with Crippen molar-refractivity contribution >= 4 is 17.2 Å². The van der Waals surface area contributed by atoms with Gasteiger partial charge < -0.3 is 10.3 Å². The number of nitrogens with one attached hydrogen (secondary N) is 2. The van der Waals surface area contributed by atoms with E-state index in [2.05, 4.69) is 15.3 Å². The highest BCUT2D eigenvalue weighted by molar-refractivity contribution is 7.11. The molecule has 0 saturated heterocycles. The van der Waals surface area contributed by atoms with Gasteiger partial charge in [0.15, 0.2) is 0 Å². The Hall–Kier alpha value is -1.62. The van der Waals surface area contributed by atoms with Crippen molar-refractivity contribution in [1.82, 2.24) is 15.3 Å². The quantitative estimate of drug-likeness (QED) is 0.878. The Morgan fingerprint density at radius 2 is 2.29 bits per heavy atom. The number of thiazole rings is 1. The first-order valence-corrected chi connectivity index (χ1v) is 6.27. The van der Waals surface area contributed by atoms with Crippen LogP contribution in [0, 0.1) is 13.8 Å². The Morgan fingerprint density at radius 1 is 1.53 bits per heavy atom. The summed E-state index contributed by atoms with van der Waals surface area (Å²) in [6.45, 7) is 5.91. The molecule has 2 N–H and O–H groups in total. The first-order valence-electron chi connectivity index (χ1n) is 5.46. The van der Waals surface area contributed by atoms with E-state index in [1.165, 1.54) is 0 Å². The Kier molecular flexibility index (Phi) is 3.28. The van der Waals surface area contributed by atoms with E-state index in [4.69, 9.17) is 0 Å². The second-order valence-corrected chi connectivity index (χ2v) is 5.20. The molecule has 1 amide bonds. The van der Waals surface area contributed by atoms with Gasteiger partial charge in [0, 0.05) is 11.1 Å². The van der Waals surface area contributed by atoms with Gasteiger partial charge in [0.1, 0.15) is 5.69 Å². The minimum atomic E-state index is -0.0899. The van der Waals surface area contributed by atoms with Gasteiger partial charge in [-0.05, 0) is 32.9 Å². The number of hydrogen-bond acceptors (Lipinski definition) is 3. The molecule has 5 heteroatoms. The summed E-state index contributed by atoms with van der Waals surface area (Å²) in [7, 11) is 0. The lowest BCUT2D eigenvalue weighted by molar-refractivity contribution is 0.0936. The van der Waals surface area contributed by atoms with Crippen molar-refractivity contribution in [3.05, 3.63) is 39.6 Å². The van der Waals surface area contributed by atoms with Crippen molar-refractivity contribution < 1.29 is 4.79 Å². The van der Waals surface area contributed by atoms with E-state index in [0.29, 0.717) is 5.69 Å². The summed E-state index contributed by atoms with van der Waals surface area (Å²) in [4.78, 5) is 20.2. The van der Waals surface area contributed by atoms with E-state index in [1.54, 1.807) is 23.6 Å². The molecule has 0 fully saturated rings. The summed E-state index contributed by atoms with van der Waals surface area (Å²) in [6, 6.07) is 3.55. The van der Waals surface area contributed by atoms with Crippen molar-refractivity contribution in [1.29, 1.82) is 0 Å². The standard InChI is InChI=1S/C12H15N3OS/c1-7-11(17-9(3)14-7)8(2)15-12(16)10-5-4-6-13-10/h4-6,8,13H,1-3H3,(H,15,16). The highest BCUT2D eigenvalue weighted by atomic mass is 32.1. The van der Waals surface area contributed by atoms with Crippen molar-refractivity contribution in [2.75, 3.05) is 0 Å². The Bertz CT molecular complexity index is 516. The van der Waals surface area contributed by atoms with E-state index in [1.807, 2.05) is 26.8 Å². The number of rotatable bonds is 3. The van der Waals surface area contributed by atoms with Crippen molar-refractivity contribution in [2.45, 2.75) is 26.8 Å². The smallest absolute Gasteiger partial charge is 0.268 e. The molecule has 0 spiro atoms. The first-order chi connectivity index (χ1) is 8.08. The lowest BCUT2D eigenvalue weighted by atomic mass is 10.2. The highest BCUT2D eigenvalue weighted by Crippen LogP contribution is 2.24. The van der Waals surface area contributed by atoms with Crippen LogP contribution in [0.15, 0.2) is 18.3 Å². The third-order valence-corrected chi connectivity index (χ3v) is 3.78. The molecule has 0 saturated carbocycles. The summed E-state index contributed by atoms with van der Waals surface area (Å²) in [6.07, 6.45) is 1.74. The number of nitrogens with zero attached hydrogens (tertiary/aromatic N) is 1. The van der Waals surface area contributed by atoms with Crippen LogP contribution in [0.5, 0.6) is 0 Å². The fourth-order valence-electron chi connectivity index (χ4n) is 1.76. The van der Waals surface area contributed by atoms with Crippen LogP contribution in [0.2, 0.25) is 0 Å². The summed E-state index contributed by atoms with van der Waals surface area (Å²) in [5, 5.41) is 3.98. The number of amides is 1. The lowest BCUT2D eigenvalue weighted by Crippen LogP contribution is -2.26. The summed E-state index contributed by atoms with van der Waals surface area (Å²) in [5.74, 6) is -0.0899. The van der Waals surface area contributed by atoms with Crippen LogP contribution >= 0.6 is 11.3 Å². The molecule has 0 aliphatic heterocycles. The van der Waals surface area contributed by atoms with Crippen LogP contribution in [0.3, 0.4) is 0 Å². The third-order valence-electron chi connectivity index (χ3n) is 2.52. The van der Waals surface area contributed by atoms with Crippen LogP contribution in [0.1, 0.15) is 39.0 Å². The zero-order valence-electron chi connectivity index (χ0n) is 10.1. The van der Waals surface area contributed by atoms with Gasteiger partial charge in [0.05, 0.1) is 16.7 Å². The van der Waals surface area contributed by atoms with Gasteiger partial charge in [-0.3, -0.25) is 4.79 Å². The van der Waals surface area contributed by atoms with Crippen LogP contribution < -0.4 is 5.32 Å². The molecule has 0 aliphatic carbocycles. The maximum Gasteiger partial charge on any atom is 0.268 e. The predicted molar refractivity (Wildman–Crippen MR) is 68.3 cm³/mol. The van der Waals surface area contributed by atoms with Crippen molar-refractivity contribution in [2.24, 2.45) is 0 Å². The van der Waals surface area contributed by atoms with Gasteiger partial charge in [-0.2, -0.15) is 0 Å². The summed E-state index contributed by atoms with van der Waals surface area (Å²) >= 11 is 1.63. The number of aromatic nitrogens is 2. The second-order valence-electron chi connectivity index (χ2n) is 3.96.